The summed E-state index contributed by atoms with van der Waals surface area (Å²) >= 11 is 0. The van der Waals surface area contributed by atoms with Gasteiger partial charge < -0.3 is 19.9 Å². The largest absolute Gasteiger partial charge is 0.467 e. The Morgan fingerprint density at radius 3 is 2.50 bits per heavy atom. The second kappa shape index (κ2) is 5.81. The van der Waals surface area contributed by atoms with Gasteiger partial charge in [-0.2, -0.15) is 0 Å². The van der Waals surface area contributed by atoms with Crippen LogP contribution in [0.3, 0.4) is 0 Å². The number of nitrogens with two attached hydrogens (primary N) is 1. The molecule has 0 saturated carbocycles. The molecule has 5 nitrogen and oxygen atoms in total. The van der Waals surface area contributed by atoms with Crippen molar-refractivity contribution in [3.8, 4) is 0 Å². The Balaban J connectivity index is 2.38. The molecular weight excluding hydrogens is 258 g/mol. The molecule has 20 heavy (non-hydrogen) atoms. The Hall–Kier alpha value is -1.59. The highest BCUT2D eigenvalue weighted by Gasteiger charge is 2.50. The van der Waals surface area contributed by atoms with Gasteiger partial charge in [0.15, 0.2) is 11.9 Å². The van der Waals surface area contributed by atoms with Crippen LogP contribution in [-0.2, 0) is 19.0 Å². The first-order valence-corrected chi connectivity index (χ1v) is 6.84. The summed E-state index contributed by atoms with van der Waals surface area (Å²) < 4.78 is 16.7. The number of carbonyl (C=O) groups excluding carboxylic acids is 1. The van der Waals surface area contributed by atoms with Crippen LogP contribution < -0.4 is 5.73 Å². The summed E-state index contributed by atoms with van der Waals surface area (Å²) in [7, 11) is 1.34. The standard InChI is InChI=1S/C15H21NO4/c1-4-15(5-2)19-12(13(20-15)14(17)18-3)10-8-6-7-9-11(10)16/h6-9,12-13H,4-5,16H2,1-3H3/t12-,13?/m1/s1. The Kier molecular flexibility index (Phi) is 4.30. The number of nitrogen functional groups attached to an aromatic ring is 1. The second-order valence-electron chi connectivity index (χ2n) is 4.85. The SMILES string of the molecule is CCC1(CC)OC(C(=O)OC)[C@@H](c2ccccc2N)O1. The summed E-state index contributed by atoms with van der Waals surface area (Å²) in [6.45, 7) is 3.93. The van der Waals surface area contributed by atoms with Crippen LogP contribution in [0.2, 0.25) is 0 Å². The number of anilines is 1. The third kappa shape index (κ3) is 2.51. The van der Waals surface area contributed by atoms with Crippen molar-refractivity contribution in [1.82, 2.24) is 0 Å². The molecule has 1 aromatic carbocycles. The molecule has 2 atom stereocenters. The molecule has 2 rings (SSSR count). The zero-order valence-corrected chi connectivity index (χ0v) is 12.1. The van der Waals surface area contributed by atoms with Crippen molar-refractivity contribution < 1.29 is 19.0 Å². The lowest BCUT2D eigenvalue weighted by molar-refractivity contribution is -0.187. The maximum atomic E-state index is 12.0. The second-order valence-corrected chi connectivity index (χ2v) is 4.85. The predicted octanol–water partition coefficient (Wildman–Crippen LogP) is 2.41. The molecule has 2 N–H and O–H groups in total. The molecule has 1 fully saturated rings. The van der Waals surface area contributed by atoms with Crippen molar-refractivity contribution >= 4 is 11.7 Å². The van der Waals surface area contributed by atoms with Gasteiger partial charge in [0, 0.05) is 11.3 Å². The third-order valence-corrected chi connectivity index (χ3v) is 3.77. The van der Waals surface area contributed by atoms with Crippen LogP contribution in [0.4, 0.5) is 5.69 Å². The zero-order chi connectivity index (χ0) is 14.8. The van der Waals surface area contributed by atoms with Crippen molar-refractivity contribution in [1.29, 1.82) is 0 Å². The van der Waals surface area contributed by atoms with E-state index in [-0.39, 0.29) is 0 Å². The van der Waals surface area contributed by atoms with E-state index in [4.69, 9.17) is 19.9 Å². The minimum atomic E-state index is -0.787. The molecule has 0 spiro atoms. The molecule has 0 aliphatic carbocycles. The topological polar surface area (TPSA) is 70.8 Å². The number of benzene rings is 1. The first-order chi connectivity index (χ1) is 9.56. The van der Waals surface area contributed by atoms with Gasteiger partial charge in [0.2, 0.25) is 0 Å². The molecule has 5 heteroatoms. The highest BCUT2D eigenvalue weighted by Crippen LogP contribution is 2.43. The Labute approximate surface area is 119 Å². The molecule has 110 valence electrons. The minimum absolute atomic E-state index is 0.443. The van der Waals surface area contributed by atoms with E-state index in [1.54, 1.807) is 6.07 Å². The summed E-state index contributed by atoms with van der Waals surface area (Å²) in [6, 6.07) is 7.33. The molecule has 1 saturated heterocycles. The predicted molar refractivity (Wildman–Crippen MR) is 74.9 cm³/mol. The van der Waals surface area contributed by atoms with Crippen LogP contribution in [-0.4, -0.2) is 25.0 Å². The number of rotatable bonds is 4. The lowest BCUT2D eigenvalue weighted by Gasteiger charge is -2.25. The molecule has 1 aromatic rings. The minimum Gasteiger partial charge on any atom is -0.467 e. The first-order valence-electron chi connectivity index (χ1n) is 6.84. The van der Waals surface area contributed by atoms with E-state index in [0.717, 1.165) is 5.56 Å². The van der Waals surface area contributed by atoms with Gasteiger partial charge in [0.05, 0.1) is 7.11 Å². The summed E-state index contributed by atoms with van der Waals surface area (Å²) in [5.74, 6) is -1.20. The van der Waals surface area contributed by atoms with Gasteiger partial charge in [0.1, 0.15) is 6.10 Å². The highest BCUT2D eigenvalue weighted by molar-refractivity contribution is 5.76. The van der Waals surface area contributed by atoms with Gasteiger partial charge >= 0.3 is 5.97 Å². The zero-order valence-electron chi connectivity index (χ0n) is 12.1. The molecule has 1 aliphatic rings. The van der Waals surface area contributed by atoms with E-state index in [1.807, 2.05) is 32.0 Å². The number of hydrogen-bond acceptors (Lipinski definition) is 5. The Bertz CT molecular complexity index is 485. The van der Waals surface area contributed by atoms with Crippen LogP contribution >= 0.6 is 0 Å². The maximum Gasteiger partial charge on any atom is 0.338 e. The number of hydrogen-bond donors (Lipinski definition) is 1. The first kappa shape index (κ1) is 14.8. The Morgan fingerprint density at radius 1 is 1.30 bits per heavy atom. The number of carbonyl (C=O) groups is 1. The van der Waals surface area contributed by atoms with Gasteiger partial charge in [0.25, 0.3) is 0 Å². The van der Waals surface area contributed by atoms with Gasteiger partial charge in [-0.25, -0.2) is 4.79 Å². The van der Waals surface area contributed by atoms with Crippen LogP contribution in [0.1, 0.15) is 38.4 Å². The van der Waals surface area contributed by atoms with Crippen LogP contribution in [0.25, 0.3) is 0 Å². The van der Waals surface area contributed by atoms with E-state index in [1.165, 1.54) is 7.11 Å². The summed E-state index contributed by atoms with van der Waals surface area (Å²) in [5, 5.41) is 0. The van der Waals surface area contributed by atoms with Gasteiger partial charge in [-0.15, -0.1) is 0 Å². The quantitative estimate of drug-likeness (QED) is 0.677. The van der Waals surface area contributed by atoms with Crippen LogP contribution in [0, 0.1) is 0 Å². The van der Waals surface area contributed by atoms with Gasteiger partial charge in [-0.3, -0.25) is 0 Å². The van der Waals surface area contributed by atoms with Crippen molar-refractivity contribution in [2.45, 2.75) is 44.7 Å². The fraction of sp³-hybridized carbons (Fsp3) is 0.533. The fourth-order valence-electron chi connectivity index (χ4n) is 2.48. The van der Waals surface area contributed by atoms with Gasteiger partial charge in [-0.1, -0.05) is 32.0 Å². The molecule has 1 heterocycles. The maximum absolute atomic E-state index is 12.0. The van der Waals surface area contributed by atoms with Crippen LogP contribution in [0.5, 0.6) is 0 Å². The lowest BCUT2D eigenvalue weighted by Crippen LogP contribution is -2.32. The highest BCUT2D eigenvalue weighted by atomic mass is 16.8. The molecular formula is C15H21NO4. The third-order valence-electron chi connectivity index (χ3n) is 3.77. The summed E-state index contributed by atoms with van der Waals surface area (Å²) in [5.41, 5.74) is 7.33. The van der Waals surface area contributed by atoms with Crippen molar-refractivity contribution in [2.75, 3.05) is 12.8 Å². The summed E-state index contributed by atoms with van der Waals surface area (Å²) in [6.07, 6.45) is -0.0198. The van der Waals surface area contributed by atoms with Crippen LogP contribution in [0.15, 0.2) is 24.3 Å². The number of methoxy groups -OCH3 is 1. The monoisotopic (exact) mass is 279 g/mol. The normalized spacial score (nSPS) is 24.6. The van der Waals surface area contributed by atoms with Crippen molar-refractivity contribution in [3.05, 3.63) is 29.8 Å². The molecule has 1 unspecified atom stereocenters. The molecule has 0 radical (unpaired) electrons. The average Bonchev–Trinajstić information content (AvgIpc) is 2.87. The molecule has 1 aliphatic heterocycles. The molecule has 0 aromatic heterocycles. The van der Waals surface area contributed by atoms with Gasteiger partial charge in [-0.05, 0) is 18.9 Å². The smallest absolute Gasteiger partial charge is 0.338 e. The lowest BCUT2D eigenvalue weighted by atomic mass is 10.0. The Morgan fingerprint density at radius 2 is 1.95 bits per heavy atom. The van der Waals surface area contributed by atoms with E-state index in [9.17, 15) is 4.79 Å². The number of para-hydroxylation sites is 1. The number of esters is 1. The number of ether oxygens (including phenoxy) is 3. The van der Waals surface area contributed by atoms with Crippen molar-refractivity contribution in [3.63, 3.8) is 0 Å². The van der Waals surface area contributed by atoms with Crippen molar-refractivity contribution in [2.24, 2.45) is 0 Å². The fourth-order valence-corrected chi connectivity index (χ4v) is 2.48. The van der Waals surface area contributed by atoms with E-state index < -0.39 is 24.0 Å². The average molecular weight is 279 g/mol. The molecule has 0 bridgehead atoms. The van der Waals surface area contributed by atoms with E-state index in [0.29, 0.717) is 18.5 Å². The van der Waals surface area contributed by atoms with E-state index >= 15 is 0 Å². The van der Waals surface area contributed by atoms with E-state index in [2.05, 4.69) is 0 Å². The summed E-state index contributed by atoms with van der Waals surface area (Å²) in [4.78, 5) is 12.0. The molecule has 0 amide bonds.